The van der Waals surface area contributed by atoms with Crippen LogP contribution in [0.1, 0.15) is 35.3 Å². The average Bonchev–Trinajstić information content (AvgIpc) is 2.73. The Balaban J connectivity index is 1.34. The van der Waals surface area contributed by atoms with Gasteiger partial charge in [-0.2, -0.15) is 0 Å². The first kappa shape index (κ1) is 20.8. The number of Topliss-reactive ketones (excluding diaryl/α,β-unsaturated/α-hetero) is 1. The van der Waals surface area contributed by atoms with Gasteiger partial charge in [0.25, 0.3) is 5.56 Å². The highest BCUT2D eigenvalue weighted by Crippen LogP contribution is 2.36. The van der Waals surface area contributed by atoms with E-state index in [4.69, 9.17) is 12.2 Å². The molecule has 1 aromatic carbocycles. The zero-order valence-electron chi connectivity index (χ0n) is 16.7. The molecule has 3 heterocycles. The number of thioether (sulfide) groups is 1. The van der Waals surface area contributed by atoms with E-state index in [-0.39, 0.29) is 28.9 Å². The molecule has 1 N–H and O–H groups in total. The van der Waals surface area contributed by atoms with Crippen molar-refractivity contribution in [2.45, 2.75) is 25.8 Å². The molecule has 2 atom stereocenters. The monoisotopic (exact) mass is 441 g/mol. The molecule has 0 aliphatic carbocycles. The maximum absolute atomic E-state index is 12.3. The lowest BCUT2D eigenvalue weighted by molar-refractivity contribution is -0.113. The highest BCUT2D eigenvalue weighted by Gasteiger charge is 2.35. The van der Waals surface area contributed by atoms with Crippen molar-refractivity contribution in [2.75, 3.05) is 24.2 Å². The van der Waals surface area contributed by atoms with Crippen LogP contribution in [0.15, 0.2) is 47.3 Å². The van der Waals surface area contributed by atoms with Gasteiger partial charge in [-0.1, -0.05) is 42.2 Å². The fraction of sp³-hybridized carbons (Fsp3) is 0.364. The summed E-state index contributed by atoms with van der Waals surface area (Å²) >= 11 is 6.96. The second-order valence-corrected chi connectivity index (χ2v) is 9.45. The minimum atomic E-state index is -0.155. The van der Waals surface area contributed by atoms with Crippen molar-refractivity contribution in [1.29, 1.82) is 0 Å². The summed E-state index contributed by atoms with van der Waals surface area (Å²) in [5, 5.41) is 2.83. The van der Waals surface area contributed by atoms with Crippen LogP contribution in [0.3, 0.4) is 0 Å². The number of rotatable bonds is 4. The lowest BCUT2D eigenvalue weighted by atomic mass is 9.83. The third-order valence-electron chi connectivity index (χ3n) is 5.62. The van der Waals surface area contributed by atoms with Gasteiger partial charge in [0, 0.05) is 48.6 Å². The summed E-state index contributed by atoms with van der Waals surface area (Å²) in [5.74, 6) is 0.690. The maximum atomic E-state index is 12.3. The van der Waals surface area contributed by atoms with Crippen LogP contribution in [-0.4, -0.2) is 44.3 Å². The molecule has 1 aromatic heterocycles. The van der Waals surface area contributed by atoms with Gasteiger partial charge in [0.05, 0.1) is 5.75 Å². The molecule has 0 radical (unpaired) electrons. The van der Waals surface area contributed by atoms with Gasteiger partial charge in [-0.15, -0.1) is 0 Å². The number of anilines is 1. The summed E-state index contributed by atoms with van der Waals surface area (Å²) in [5.41, 5.74) is 2.32. The number of nitrogens with zero attached hydrogens (tertiary/aromatic N) is 2. The van der Waals surface area contributed by atoms with Crippen molar-refractivity contribution in [3.63, 3.8) is 0 Å². The van der Waals surface area contributed by atoms with Crippen molar-refractivity contribution < 1.29 is 9.59 Å². The van der Waals surface area contributed by atoms with Crippen LogP contribution in [0, 0.1) is 5.92 Å². The molecule has 0 saturated carbocycles. The van der Waals surface area contributed by atoms with Crippen LogP contribution in [0.25, 0.3) is 0 Å². The summed E-state index contributed by atoms with van der Waals surface area (Å²) < 4.78 is 2.61. The van der Waals surface area contributed by atoms with Crippen molar-refractivity contribution in [2.24, 2.45) is 5.92 Å². The van der Waals surface area contributed by atoms with E-state index in [1.54, 1.807) is 30.3 Å². The Bertz CT molecular complexity index is 1070. The van der Waals surface area contributed by atoms with Crippen LogP contribution in [-0.2, 0) is 11.3 Å². The van der Waals surface area contributed by atoms with Crippen molar-refractivity contribution >= 4 is 45.7 Å². The van der Waals surface area contributed by atoms with Gasteiger partial charge >= 0.3 is 0 Å². The van der Waals surface area contributed by atoms with Crippen LogP contribution in [0.2, 0.25) is 0 Å². The van der Waals surface area contributed by atoms with Gasteiger partial charge in [-0.05, 0) is 37.5 Å². The van der Waals surface area contributed by atoms with Crippen LogP contribution in [0.5, 0.6) is 0 Å². The lowest BCUT2D eigenvalue weighted by Gasteiger charge is -2.43. The summed E-state index contributed by atoms with van der Waals surface area (Å²) in [4.78, 5) is 38.2. The Hall–Kier alpha value is -2.45. The molecule has 2 aliphatic heterocycles. The van der Waals surface area contributed by atoms with Crippen molar-refractivity contribution in [3.8, 4) is 0 Å². The smallest absolute Gasteiger partial charge is 0.250 e. The molecule has 2 aromatic rings. The molecule has 156 valence electrons. The predicted molar refractivity (Wildman–Crippen MR) is 123 cm³/mol. The van der Waals surface area contributed by atoms with E-state index < -0.39 is 0 Å². The number of carbonyl (C=O) groups is 2. The van der Waals surface area contributed by atoms with E-state index in [9.17, 15) is 14.4 Å². The molecule has 2 aliphatic rings. The van der Waals surface area contributed by atoms with Gasteiger partial charge in [0.15, 0.2) is 5.78 Å². The third-order valence-corrected chi connectivity index (χ3v) is 7.14. The Morgan fingerprint density at radius 3 is 2.77 bits per heavy atom. The fourth-order valence-electron chi connectivity index (χ4n) is 4.28. The van der Waals surface area contributed by atoms with E-state index in [0.717, 1.165) is 31.7 Å². The van der Waals surface area contributed by atoms with Crippen molar-refractivity contribution in [1.82, 2.24) is 9.47 Å². The Labute approximate surface area is 184 Å². The van der Waals surface area contributed by atoms with Gasteiger partial charge in [-0.3, -0.25) is 14.4 Å². The predicted octanol–water partition coefficient (Wildman–Crippen LogP) is 3.13. The number of fused-ring (bicyclic) bond motifs is 4. The molecule has 30 heavy (non-hydrogen) atoms. The summed E-state index contributed by atoms with van der Waals surface area (Å²) in [6.45, 7) is 3.81. The molecule has 1 saturated heterocycles. The molecule has 1 amide bonds. The highest BCUT2D eigenvalue weighted by molar-refractivity contribution is 8.23. The van der Waals surface area contributed by atoms with Crippen molar-refractivity contribution in [3.05, 3.63) is 64.1 Å². The van der Waals surface area contributed by atoms with Gasteiger partial charge < -0.3 is 14.8 Å². The standard InChI is InChI=1S/C22H23N3O3S2/c1-14(26)16-4-2-5-18(9-16)23-20(27)13-30-22(29)24-10-15-8-17(12-24)19-6-3-7-21(28)25(19)11-15/h2-7,9,15,17H,8,10-13H2,1H3,(H,23,27)/t15-,17+/m1/s1. The number of nitrogens with one attached hydrogen (secondary N) is 1. The molecule has 0 spiro atoms. The first-order chi connectivity index (χ1) is 14.4. The number of carbonyl (C=O) groups excluding carboxylic acids is 2. The minimum Gasteiger partial charge on any atom is -0.356 e. The zero-order chi connectivity index (χ0) is 21.3. The number of ketones is 1. The van der Waals surface area contributed by atoms with Crippen LogP contribution >= 0.6 is 24.0 Å². The number of hydrogen-bond donors (Lipinski definition) is 1. The number of hydrogen-bond acceptors (Lipinski definition) is 5. The number of piperidine rings is 1. The summed E-state index contributed by atoms with van der Waals surface area (Å²) in [7, 11) is 0. The zero-order valence-corrected chi connectivity index (χ0v) is 18.3. The number of likely N-dealkylation sites (tertiary alicyclic amines) is 1. The van der Waals surface area contributed by atoms with E-state index in [1.807, 2.05) is 16.7 Å². The number of aromatic nitrogens is 1. The van der Waals surface area contributed by atoms with E-state index in [2.05, 4.69) is 10.2 Å². The number of amides is 1. The highest BCUT2D eigenvalue weighted by atomic mass is 32.2. The van der Waals surface area contributed by atoms with Crippen LogP contribution in [0.4, 0.5) is 5.69 Å². The Morgan fingerprint density at radius 1 is 1.17 bits per heavy atom. The molecule has 4 rings (SSSR count). The molecule has 1 fully saturated rings. The van der Waals surface area contributed by atoms with E-state index in [0.29, 0.717) is 21.5 Å². The number of thiocarbonyl (C=S) groups is 1. The van der Waals surface area contributed by atoms with Crippen LogP contribution < -0.4 is 10.9 Å². The lowest BCUT2D eigenvalue weighted by Crippen LogP contribution is -2.48. The minimum absolute atomic E-state index is 0.0406. The summed E-state index contributed by atoms with van der Waals surface area (Å²) in [6, 6.07) is 12.4. The SMILES string of the molecule is CC(=O)c1cccc(NC(=O)CSC(=S)N2C[C@H]3C[C@@H](C2)c2cccc(=O)n2C3)c1. The second kappa shape index (κ2) is 8.73. The largest absolute Gasteiger partial charge is 0.356 e. The molecule has 8 heteroatoms. The number of pyridine rings is 1. The quantitative estimate of drug-likeness (QED) is 0.581. The molecule has 6 nitrogen and oxygen atoms in total. The normalized spacial score (nSPS) is 19.7. The molecule has 2 bridgehead atoms. The van der Waals surface area contributed by atoms with Gasteiger partial charge in [0.1, 0.15) is 4.32 Å². The fourth-order valence-corrected chi connectivity index (χ4v) is 5.26. The molecular formula is C22H23N3O3S2. The van der Waals surface area contributed by atoms with Gasteiger partial charge in [-0.25, -0.2) is 0 Å². The molecule has 0 unspecified atom stereocenters. The van der Waals surface area contributed by atoms with E-state index >= 15 is 0 Å². The van der Waals surface area contributed by atoms with E-state index in [1.165, 1.54) is 18.7 Å². The first-order valence-corrected chi connectivity index (χ1v) is 11.3. The first-order valence-electron chi connectivity index (χ1n) is 9.93. The topological polar surface area (TPSA) is 71.4 Å². The van der Waals surface area contributed by atoms with Gasteiger partial charge in [0.2, 0.25) is 5.91 Å². The maximum Gasteiger partial charge on any atom is 0.250 e. The average molecular weight is 442 g/mol. The number of benzene rings is 1. The summed E-state index contributed by atoms with van der Waals surface area (Å²) in [6.07, 6.45) is 1.07. The second-order valence-electron chi connectivity index (χ2n) is 7.84. The molecular weight excluding hydrogens is 418 g/mol. The Morgan fingerprint density at radius 2 is 1.97 bits per heavy atom. The third kappa shape index (κ3) is 4.49. The Kier molecular flexibility index (Phi) is 6.06.